The van der Waals surface area contributed by atoms with Gasteiger partial charge >= 0.3 is 13.3 Å². The normalized spacial score (nSPS) is 24.5. The minimum atomic E-state index is -3.95. The van der Waals surface area contributed by atoms with Gasteiger partial charge in [0.1, 0.15) is 28.9 Å². The third-order valence-electron chi connectivity index (χ3n) is 6.32. The predicted molar refractivity (Wildman–Crippen MR) is 134 cm³/mol. The van der Waals surface area contributed by atoms with E-state index in [2.05, 4.69) is 22.1 Å². The molecule has 0 spiro atoms. The van der Waals surface area contributed by atoms with Crippen molar-refractivity contribution in [3.05, 3.63) is 76.6 Å². The van der Waals surface area contributed by atoms with Gasteiger partial charge in [0.25, 0.3) is 22.8 Å². The Morgan fingerprint density at radius 2 is 2.08 bits per heavy atom. The van der Waals surface area contributed by atoms with Gasteiger partial charge in [-0.2, -0.15) is 0 Å². The van der Waals surface area contributed by atoms with Gasteiger partial charge in [-0.05, 0) is 12.5 Å². The first-order valence-electron chi connectivity index (χ1n) is 11.6. The number of carbonyl (C=O) groups excluding carboxylic acids is 1. The molecule has 0 radical (unpaired) electrons. The summed E-state index contributed by atoms with van der Waals surface area (Å²) in [5.74, 6) is 4.04. The van der Waals surface area contributed by atoms with Crippen LogP contribution in [0.3, 0.4) is 0 Å². The largest absolute Gasteiger partial charge is 0.368 e. The molecule has 40 heavy (non-hydrogen) atoms. The zero-order chi connectivity index (χ0) is 29.4. The van der Waals surface area contributed by atoms with Crippen LogP contribution in [0, 0.1) is 32.1 Å². The summed E-state index contributed by atoms with van der Waals surface area (Å²) < 4.78 is 30.0. The molecule has 17 nitrogen and oxygen atoms in total. The van der Waals surface area contributed by atoms with Gasteiger partial charge in [0.15, 0.2) is 6.23 Å². The van der Waals surface area contributed by atoms with Gasteiger partial charge in [0.2, 0.25) is 0 Å². The van der Waals surface area contributed by atoms with E-state index in [1.54, 1.807) is 6.92 Å². The van der Waals surface area contributed by atoms with Crippen LogP contribution >= 0.6 is 7.60 Å². The van der Waals surface area contributed by atoms with Crippen molar-refractivity contribution in [2.75, 3.05) is 19.8 Å². The van der Waals surface area contributed by atoms with E-state index < -0.39 is 75.6 Å². The number of non-ortho nitro benzene ring substituents is 1. The van der Waals surface area contributed by atoms with E-state index in [4.69, 9.17) is 14.0 Å². The summed E-state index contributed by atoms with van der Waals surface area (Å²) in [5.41, 5.74) is -4.78. The van der Waals surface area contributed by atoms with Crippen LogP contribution in [-0.2, 0) is 18.6 Å². The smallest absolute Gasteiger partial charge is 0.330 e. The molecule has 0 saturated carbocycles. The van der Waals surface area contributed by atoms with Crippen LogP contribution < -0.4 is 16.6 Å². The van der Waals surface area contributed by atoms with Gasteiger partial charge in [0.05, 0.1) is 29.1 Å². The van der Waals surface area contributed by atoms with E-state index in [0.29, 0.717) is 12.5 Å². The summed E-state index contributed by atoms with van der Waals surface area (Å²) in [6.07, 6.45) is -1.58. The molecule has 3 heterocycles. The zero-order valence-electron chi connectivity index (χ0n) is 20.9. The SMILES string of the molecule is CC[C@@]12CO[C@H](C1OP(C)(=O)O)[C@H](n1cc(C#CCNC(=O)c3ccc([N+](=O)[O-])cc3[N+](=O)[O-])c(=O)[nH]c1=O)O2. The second kappa shape index (κ2) is 10.8. The standard InChI is InChI=1S/C22H22N5O12P/c1-3-22-11-37-16(17(22)39-40(2,35)36)20(38-22)25-10-12(18(28)24-21(25)30)5-4-8-23-19(29)14-7-6-13(26(31)32)9-15(14)27(33)34/h6-7,9-10,16-17,20H,3,8,11H2,1-2H3,(H,23,29)(H,35,36)(H,24,28,30)/t16-,17?,20-,22-/m1/s1. The Balaban J connectivity index is 1.53. The number of benzene rings is 1. The van der Waals surface area contributed by atoms with Gasteiger partial charge in [-0.15, -0.1) is 0 Å². The molecule has 2 bridgehead atoms. The minimum absolute atomic E-state index is 0.0622. The number of H-pyrrole nitrogens is 1. The van der Waals surface area contributed by atoms with Crippen molar-refractivity contribution in [3.8, 4) is 11.8 Å². The van der Waals surface area contributed by atoms with Crippen molar-refractivity contribution in [2.24, 2.45) is 0 Å². The Morgan fingerprint density at radius 3 is 2.70 bits per heavy atom. The molecule has 2 unspecified atom stereocenters. The maximum atomic E-state index is 12.6. The Hall–Kier alpha value is -4.20. The van der Waals surface area contributed by atoms with Crippen LogP contribution in [0.1, 0.15) is 35.5 Å². The fraction of sp³-hybridized carbons (Fsp3) is 0.409. The highest BCUT2D eigenvalue weighted by molar-refractivity contribution is 7.51. The molecule has 4 rings (SSSR count). The monoisotopic (exact) mass is 579 g/mol. The Labute approximate surface area is 223 Å². The van der Waals surface area contributed by atoms with Crippen molar-refractivity contribution in [2.45, 2.75) is 37.4 Å². The number of fused-ring (bicyclic) bond motifs is 2. The Morgan fingerprint density at radius 1 is 1.35 bits per heavy atom. The summed E-state index contributed by atoms with van der Waals surface area (Å²) in [7, 11) is -3.95. The first-order chi connectivity index (χ1) is 18.8. The van der Waals surface area contributed by atoms with Crippen molar-refractivity contribution >= 4 is 24.9 Å². The fourth-order valence-corrected chi connectivity index (χ4v) is 5.15. The number of hydrogen-bond acceptors (Lipinski definition) is 11. The van der Waals surface area contributed by atoms with Gasteiger partial charge in [0, 0.05) is 18.9 Å². The van der Waals surface area contributed by atoms with Crippen LogP contribution in [0.4, 0.5) is 11.4 Å². The van der Waals surface area contributed by atoms with E-state index in [1.165, 1.54) is 0 Å². The molecule has 2 aliphatic rings. The lowest BCUT2D eigenvalue weighted by atomic mass is 9.96. The number of nitrogens with one attached hydrogen (secondary N) is 2. The average molecular weight is 579 g/mol. The molecule has 212 valence electrons. The van der Waals surface area contributed by atoms with Gasteiger partial charge in [-0.25, -0.2) is 4.79 Å². The van der Waals surface area contributed by atoms with Crippen molar-refractivity contribution < 1.29 is 38.1 Å². The number of hydrogen-bond donors (Lipinski definition) is 3. The second-order valence-corrected chi connectivity index (χ2v) is 10.8. The fourth-order valence-electron chi connectivity index (χ4n) is 4.41. The molecule has 2 aromatic rings. The maximum Gasteiger partial charge on any atom is 0.330 e. The number of nitrogens with zero attached hydrogens (tertiary/aromatic N) is 3. The van der Waals surface area contributed by atoms with Gasteiger partial charge < -0.3 is 19.7 Å². The number of aromatic nitrogens is 2. The Kier molecular flexibility index (Phi) is 7.74. The lowest BCUT2D eigenvalue weighted by Crippen LogP contribution is -2.42. The molecule has 2 aliphatic heterocycles. The molecular weight excluding hydrogens is 557 g/mol. The van der Waals surface area contributed by atoms with Crippen molar-refractivity contribution in [1.29, 1.82) is 0 Å². The first kappa shape index (κ1) is 28.8. The highest BCUT2D eigenvalue weighted by Gasteiger charge is 2.63. The molecule has 1 amide bonds. The van der Waals surface area contributed by atoms with Crippen LogP contribution in [-0.4, -0.2) is 67.8 Å². The van der Waals surface area contributed by atoms with E-state index >= 15 is 0 Å². The summed E-state index contributed by atoms with van der Waals surface area (Å²) >= 11 is 0. The first-order valence-corrected chi connectivity index (χ1v) is 13.6. The lowest BCUT2D eigenvalue weighted by molar-refractivity contribution is -0.394. The minimum Gasteiger partial charge on any atom is -0.368 e. The summed E-state index contributed by atoms with van der Waals surface area (Å²) in [5, 5.41) is 24.4. The summed E-state index contributed by atoms with van der Waals surface area (Å²) in [6.45, 7) is 2.46. The van der Waals surface area contributed by atoms with E-state index in [-0.39, 0.29) is 18.7 Å². The molecular formula is C22H22N5O12P. The third-order valence-corrected chi connectivity index (χ3v) is 6.94. The number of nitro groups is 2. The summed E-state index contributed by atoms with van der Waals surface area (Å²) in [4.78, 5) is 69.5. The highest BCUT2D eigenvalue weighted by Crippen LogP contribution is 2.53. The third kappa shape index (κ3) is 5.57. The molecule has 1 aromatic heterocycles. The van der Waals surface area contributed by atoms with E-state index in [0.717, 1.165) is 29.6 Å². The molecule has 5 atom stereocenters. The van der Waals surface area contributed by atoms with Gasteiger partial charge in [-0.3, -0.25) is 48.5 Å². The number of nitro benzene ring substituents is 2. The topological polar surface area (TPSA) is 235 Å². The number of amides is 1. The number of rotatable bonds is 8. The van der Waals surface area contributed by atoms with Crippen LogP contribution in [0.25, 0.3) is 0 Å². The highest BCUT2D eigenvalue weighted by atomic mass is 31.2. The zero-order valence-corrected chi connectivity index (χ0v) is 21.8. The second-order valence-electron chi connectivity index (χ2n) is 8.94. The quantitative estimate of drug-likeness (QED) is 0.167. The number of aromatic amines is 1. The van der Waals surface area contributed by atoms with E-state index in [1.807, 2.05) is 0 Å². The van der Waals surface area contributed by atoms with Crippen molar-refractivity contribution in [3.63, 3.8) is 0 Å². The van der Waals surface area contributed by atoms with Crippen molar-refractivity contribution in [1.82, 2.24) is 14.9 Å². The molecule has 0 aliphatic carbocycles. The van der Waals surface area contributed by atoms with Crippen LogP contribution in [0.15, 0.2) is 34.0 Å². The average Bonchev–Trinajstić information content (AvgIpc) is 3.37. The molecule has 18 heteroatoms. The molecule has 1 aromatic carbocycles. The molecule has 2 fully saturated rings. The molecule has 2 saturated heterocycles. The number of carbonyl (C=O) groups is 1. The maximum absolute atomic E-state index is 12.6. The Bertz CT molecular complexity index is 1620. The number of ether oxygens (including phenoxy) is 2. The van der Waals surface area contributed by atoms with Crippen LogP contribution in [0.2, 0.25) is 0 Å². The van der Waals surface area contributed by atoms with E-state index in [9.17, 15) is 44.1 Å². The summed E-state index contributed by atoms with van der Waals surface area (Å²) in [6, 6.07) is 2.53. The van der Waals surface area contributed by atoms with Crippen LogP contribution in [0.5, 0.6) is 0 Å². The predicted octanol–water partition coefficient (Wildman–Crippen LogP) is 0.411. The van der Waals surface area contributed by atoms with Gasteiger partial charge in [-0.1, -0.05) is 18.8 Å². The lowest BCUT2D eigenvalue weighted by Gasteiger charge is -2.30. The molecule has 3 N–H and O–H groups in total.